The molecular formula is C28H21F5N4O2. The summed E-state index contributed by atoms with van der Waals surface area (Å²) in [6.07, 6.45) is -4.03. The lowest BCUT2D eigenvalue weighted by Crippen LogP contribution is -2.41. The third kappa shape index (κ3) is 3.86. The maximum atomic E-state index is 14.0. The number of anilines is 1. The monoisotopic (exact) mass is 540 g/mol. The van der Waals surface area contributed by atoms with Crippen molar-refractivity contribution in [3.63, 3.8) is 0 Å². The van der Waals surface area contributed by atoms with Crippen molar-refractivity contribution in [2.45, 2.75) is 25.1 Å². The molecule has 2 amide bonds. The fourth-order valence-corrected chi connectivity index (χ4v) is 5.99. The number of amides is 2. The maximum absolute atomic E-state index is 14.0. The van der Waals surface area contributed by atoms with Crippen molar-refractivity contribution in [3.8, 4) is 5.69 Å². The van der Waals surface area contributed by atoms with E-state index in [-0.39, 0.29) is 6.42 Å². The molecule has 1 aromatic heterocycles. The number of hydrogen-bond donors (Lipinski definition) is 1. The van der Waals surface area contributed by atoms with Gasteiger partial charge in [0.2, 0.25) is 11.8 Å². The van der Waals surface area contributed by atoms with E-state index >= 15 is 0 Å². The molecule has 39 heavy (non-hydrogen) atoms. The Labute approximate surface area is 218 Å². The fourth-order valence-electron chi connectivity index (χ4n) is 5.99. The van der Waals surface area contributed by atoms with Crippen molar-refractivity contribution >= 4 is 28.4 Å². The molecule has 2 heterocycles. The Bertz CT molecular complexity index is 1600. The van der Waals surface area contributed by atoms with E-state index in [0.717, 1.165) is 0 Å². The lowest BCUT2D eigenvalue weighted by molar-refractivity contribution is -0.196. The molecule has 1 aliphatic carbocycles. The van der Waals surface area contributed by atoms with E-state index in [1.165, 1.54) is 41.3 Å². The van der Waals surface area contributed by atoms with Gasteiger partial charge in [-0.3, -0.25) is 9.59 Å². The van der Waals surface area contributed by atoms with Crippen LogP contribution in [-0.4, -0.2) is 27.8 Å². The second-order valence-corrected chi connectivity index (χ2v) is 10.0. The highest BCUT2D eigenvalue weighted by Crippen LogP contribution is 2.68. The topological polar surface area (TPSA) is 81.2 Å². The predicted molar refractivity (Wildman–Crippen MR) is 132 cm³/mol. The van der Waals surface area contributed by atoms with Gasteiger partial charge in [0.1, 0.15) is 17.0 Å². The van der Waals surface area contributed by atoms with Crippen LogP contribution in [0.1, 0.15) is 24.4 Å². The largest absolute Gasteiger partial charge is 0.403 e. The fraction of sp³-hybridized carbons (Fsp3) is 0.250. The number of nitrogens with zero attached hydrogens (tertiary/aromatic N) is 3. The Morgan fingerprint density at radius 3 is 2.15 bits per heavy atom. The minimum atomic E-state index is -4.86. The number of fused-ring (bicyclic) bond motifs is 1. The molecule has 3 aromatic carbocycles. The number of primary amides is 1. The number of hydrogen-bond acceptors (Lipinski definition) is 3. The van der Waals surface area contributed by atoms with Crippen LogP contribution in [0.4, 0.5) is 27.6 Å². The van der Waals surface area contributed by atoms with Crippen LogP contribution in [0.25, 0.3) is 16.6 Å². The molecule has 2 N–H and O–H groups in total. The summed E-state index contributed by atoms with van der Waals surface area (Å²) in [5.74, 6) is -4.88. The van der Waals surface area contributed by atoms with Gasteiger partial charge in [-0.25, -0.2) is 13.5 Å². The Hall–Kier alpha value is -4.28. The molecule has 200 valence electrons. The van der Waals surface area contributed by atoms with Gasteiger partial charge in [-0.1, -0.05) is 12.1 Å². The van der Waals surface area contributed by atoms with Crippen molar-refractivity contribution < 1.29 is 31.5 Å². The van der Waals surface area contributed by atoms with E-state index in [1.54, 1.807) is 41.2 Å². The molecule has 2 unspecified atom stereocenters. The highest BCUT2D eigenvalue weighted by molar-refractivity contribution is 5.99. The number of rotatable bonds is 5. The summed E-state index contributed by atoms with van der Waals surface area (Å²) in [4.78, 5) is 26.8. The van der Waals surface area contributed by atoms with Gasteiger partial charge < -0.3 is 10.6 Å². The Balaban J connectivity index is 1.42. The van der Waals surface area contributed by atoms with Gasteiger partial charge >= 0.3 is 6.18 Å². The molecular weight excluding hydrogens is 519 g/mol. The van der Waals surface area contributed by atoms with Crippen LogP contribution < -0.4 is 10.6 Å². The van der Waals surface area contributed by atoms with Crippen LogP contribution in [0, 0.1) is 28.9 Å². The van der Waals surface area contributed by atoms with Crippen LogP contribution in [0.5, 0.6) is 0 Å². The molecule has 2 fully saturated rings. The number of nitrogens with two attached hydrogens (primary N) is 1. The average Bonchev–Trinajstić information content (AvgIpc) is 3.41. The molecule has 0 bridgehead atoms. The molecule has 1 saturated carbocycles. The van der Waals surface area contributed by atoms with Gasteiger partial charge in [-0.15, -0.1) is 0 Å². The quantitative estimate of drug-likeness (QED) is 0.342. The first-order chi connectivity index (χ1) is 18.5. The van der Waals surface area contributed by atoms with Crippen LogP contribution in [-0.2, 0) is 9.59 Å². The zero-order valence-electron chi connectivity index (χ0n) is 20.2. The normalized spacial score (nSPS) is 24.9. The minimum Gasteiger partial charge on any atom is -0.369 e. The van der Waals surface area contributed by atoms with Gasteiger partial charge in [-0.2, -0.15) is 18.3 Å². The highest BCUT2D eigenvalue weighted by Gasteiger charge is 2.77. The molecule has 0 spiro atoms. The lowest BCUT2D eigenvalue weighted by Gasteiger charge is -2.30. The van der Waals surface area contributed by atoms with E-state index in [2.05, 4.69) is 5.10 Å². The number of carbonyl (C=O) groups is 2. The van der Waals surface area contributed by atoms with Gasteiger partial charge in [-0.05, 0) is 78.4 Å². The summed E-state index contributed by atoms with van der Waals surface area (Å²) < 4.78 is 70.7. The molecule has 2 aliphatic rings. The molecule has 1 aliphatic heterocycles. The first-order valence-corrected chi connectivity index (χ1v) is 12.2. The number of aromatic nitrogens is 2. The minimum absolute atomic E-state index is 0.231. The number of alkyl halides is 3. The summed E-state index contributed by atoms with van der Waals surface area (Å²) in [5, 5.41) is 5.00. The Kier molecular flexibility index (Phi) is 5.53. The second kappa shape index (κ2) is 8.62. The molecule has 6 nitrogen and oxygen atoms in total. The maximum Gasteiger partial charge on any atom is 0.403 e. The SMILES string of the molecule is NC(=O)C1(C(F)(F)F)CC1[C@@H]1CC(=O)N(c2ccc3c(cnn3-c3ccc(F)cc3)c2)[C@H]1c1ccc(F)cc1. The van der Waals surface area contributed by atoms with Crippen LogP contribution >= 0.6 is 0 Å². The van der Waals surface area contributed by atoms with Gasteiger partial charge in [0.15, 0.2) is 0 Å². The van der Waals surface area contributed by atoms with Crippen LogP contribution in [0.2, 0.25) is 0 Å². The molecule has 4 atom stereocenters. The number of halogens is 5. The van der Waals surface area contributed by atoms with Crippen LogP contribution in [0.3, 0.4) is 0 Å². The molecule has 0 radical (unpaired) electrons. The Morgan fingerprint density at radius 1 is 0.949 bits per heavy atom. The molecule has 11 heteroatoms. The van der Waals surface area contributed by atoms with Crippen molar-refractivity contribution in [1.29, 1.82) is 0 Å². The van der Waals surface area contributed by atoms with E-state index in [4.69, 9.17) is 5.73 Å². The third-order valence-corrected chi connectivity index (χ3v) is 7.95. The van der Waals surface area contributed by atoms with Crippen LogP contribution in [0.15, 0.2) is 72.9 Å². The summed E-state index contributed by atoms with van der Waals surface area (Å²) in [5.41, 5.74) is 4.69. The van der Waals surface area contributed by atoms with Crippen molar-refractivity contribution in [1.82, 2.24) is 9.78 Å². The standard InChI is InChI=1S/C28H21F5N4O2/c29-17-3-1-15(2-4-17)25-21(22-13-27(22,26(34)39)28(31,32)33)12-24(38)36(25)20-9-10-23-16(11-20)14-35-37(23)19-7-5-18(30)6-8-19/h1-11,14,21-22,25H,12-13H2,(H2,34,39)/t21-,22?,25-,27?/m0/s1. The van der Waals surface area contributed by atoms with Gasteiger partial charge in [0.25, 0.3) is 0 Å². The van der Waals surface area contributed by atoms with E-state index in [1.807, 2.05) is 0 Å². The van der Waals surface area contributed by atoms with Crippen molar-refractivity contribution in [2.24, 2.45) is 23.0 Å². The van der Waals surface area contributed by atoms with Crippen molar-refractivity contribution in [3.05, 3.63) is 90.1 Å². The smallest absolute Gasteiger partial charge is 0.369 e. The highest BCUT2D eigenvalue weighted by atomic mass is 19.4. The second-order valence-electron chi connectivity index (χ2n) is 10.0. The lowest BCUT2D eigenvalue weighted by atomic mass is 9.85. The molecule has 1 saturated heterocycles. The van der Waals surface area contributed by atoms with Gasteiger partial charge in [0, 0.05) is 17.5 Å². The first-order valence-electron chi connectivity index (χ1n) is 12.2. The van der Waals surface area contributed by atoms with Gasteiger partial charge in [0.05, 0.1) is 23.4 Å². The number of carbonyl (C=O) groups excluding carboxylic acids is 2. The Morgan fingerprint density at radius 2 is 1.56 bits per heavy atom. The zero-order valence-corrected chi connectivity index (χ0v) is 20.2. The third-order valence-electron chi connectivity index (χ3n) is 7.95. The van der Waals surface area contributed by atoms with E-state index < -0.39 is 59.3 Å². The zero-order chi connectivity index (χ0) is 27.7. The average molecular weight is 540 g/mol. The molecule has 6 rings (SSSR count). The summed E-state index contributed by atoms with van der Waals surface area (Å²) in [6, 6.07) is 15.2. The summed E-state index contributed by atoms with van der Waals surface area (Å²) in [6.45, 7) is 0. The first kappa shape index (κ1) is 25.0. The summed E-state index contributed by atoms with van der Waals surface area (Å²) >= 11 is 0. The van der Waals surface area contributed by atoms with Crippen molar-refractivity contribution in [2.75, 3.05) is 4.90 Å². The van der Waals surface area contributed by atoms with E-state index in [9.17, 15) is 31.5 Å². The number of benzene rings is 3. The molecule has 4 aromatic rings. The van der Waals surface area contributed by atoms with E-state index in [0.29, 0.717) is 27.8 Å². The predicted octanol–water partition coefficient (Wildman–Crippen LogP) is 5.45. The summed E-state index contributed by atoms with van der Waals surface area (Å²) in [7, 11) is 0.